The fourth-order valence-electron chi connectivity index (χ4n) is 1.19. The summed E-state index contributed by atoms with van der Waals surface area (Å²) in [5.41, 5.74) is -1.92. The molecule has 0 aliphatic carbocycles. The summed E-state index contributed by atoms with van der Waals surface area (Å²) < 4.78 is 4.12. The first-order chi connectivity index (χ1) is 7.50. The molecule has 82 valence electrons. The van der Waals surface area contributed by atoms with Crippen molar-refractivity contribution in [3.8, 4) is 0 Å². The Bertz CT molecular complexity index is 610. The standard InChI is InChI=1S/C6H2N4O6.K/c11-8(12)3-1-4(9(13)14)6-5(2-3)10(15)16-7-6;/h1-2H;/q;+1. The molecule has 0 spiro atoms. The molecule has 0 fully saturated rings. The second-order valence-corrected chi connectivity index (χ2v) is 2.78. The van der Waals surface area contributed by atoms with E-state index in [1.165, 1.54) is 0 Å². The normalized spacial score (nSPS) is 9.88. The predicted molar refractivity (Wildman–Crippen MR) is 46.3 cm³/mol. The van der Waals surface area contributed by atoms with Crippen LogP contribution >= 0.6 is 0 Å². The zero-order valence-corrected chi connectivity index (χ0v) is 11.5. The van der Waals surface area contributed by atoms with E-state index in [0.29, 0.717) is 6.07 Å². The summed E-state index contributed by atoms with van der Waals surface area (Å²) in [6, 6.07) is 1.57. The minimum atomic E-state index is -0.877. The molecule has 2 rings (SSSR count). The van der Waals surface area contributed by atoms with Gasteiger partial charge in [0.05, 0.1) is 27.1 Å². The first-order valence-electron chi connectivity index (χ1n) is 3.83. The fourth-order valence-corrected chi connectivity index (χ4v) is 1.19. The van der Waals surface area contributed by atoms with Gasteiger partial charge >= 0.3 is 62.6 Å². The Morgan fingerprint density at radius 1 is 1.24 bits per heavy atom. The Kier molecular flexibility index (Phi) is 4.10. The predicted octanol–water partition coefficient (Wildman–Crippen LogP) is -2.72. The molecule has 0 unspecified atom stereocenters. The van der Waals surface area contributed by atoms with Gasteiger partial charge in [0.1, 0.15) is 0 Å². The fraction of sp³-hybridized carbons (Fsp3) is 0. The Morgan fingerprint density at radius 3 is 2.41 bits per heavy atom. The average molecular weight is 265 g/mol. The summed E-state index contributed by atoms with van der Waals surface area (Å²) in [5, 5.41) is 35.2. The summed E-state index contributed by atoms with van der Waals surface area (Å²) >= 11 is 0. The molecular formula is C6H2KN4O6+. The molecule has 0 N–H and O–H groups in total. The summed E-state index contributed by atoms with van der Waals surface area (Å²) in [4.78, 5) is 19.2. The van der Waals surface area contributed by atoms with Crippen molar-refractivity contribution in [2.24, 2.45) is 0 Å². The van der Waals surface area contributed by atoms with Gasteiger partial charge in [-0.15, -0.1) is 0 Å². The topological polar surface area (TPSA) is 139 Å². The van der Waals surface area contributed by atoms with E-state index < -0.39 is 21.2 Å². The van der Waals surface area contributed by atoms with Gasteiger partial charge in [0, 0.05) is 0 Å². The van der Waals surface area contributed by atoms with Crippen LogP contribution in [-0.4, -0.2) is 15.0 Å². The molecule has 0 saturated carbocycles. The molecule has 10 nitrogen and oxygen atoms in total. The molecule has 11 heteroatoms. The van der Waals surface area contributed by atoms with Crippen LogP contribution in [0.4, 0.5) is 11.4 Å². The molecule has 0 atom stereocenters. The van der Waals surface area contributed by atoms with Gasteiger partial charge in [-0.1, -0.05) is 0 Å². The van der Waals surface area contributed by atoms with Gasteiger partial charge in [-0.3, -0.25) is 24.9 Å². The van der Waals surface area contributed by atoms with Crippen LogP contribution < -0.4 is 56.3 Å². The third-order valence-corrected chi connectivity index (χ3v) is 1.86. The molecule has 0 saturated heterocycles. The SMILES string of the molecule is O=[N+]([O-])c1cc([N+](=O)[O-])c2no[n+]([O-])c2c1.[K+]. The number of rotatable bonds is 2. The number of non-ortho nitro benzene ring substituents is 2. The number of benzene rings is 1. The Morgan fingerprint density at radius 2 is 1.88 bits per heavy atom. The smallest absolute Gasteiger partial charge is 0.359 e. The van der Waals surface area contributed by atoms with Crippen LogP contribution in [0.1, 0.15) is 0 Å². The van der Waals surface area contributed by atoms with Crippen molar-refractivity contribution in [3.05, 3.63) is 37.6 Å². The van der Waals surface area contributed by atoms with Crippen LogP contribution in [0.3, 0.4) is 0 Å². The average Bonchev–Trinajstić information content (AvgIpc) is 2.59. The van der Waals surface area contributed by atoms with Crippen molar-refractivity contribution in [3.63, 3.8) is 0 Å². The van der Waals surface area contributed by atoms with E-state index in [-0.39, 0.29) is 67.3 Å². The number of hydrogen-bond acceptors (Lipinski definition) is 7. The van der Waals surface area contributed by atoms with Crippen molar-refractivity contribution in [2.45, 2.75) is 0 Å². The van der Waals surface area contributed by atoms with Crippen molar-refractivity contribution in [1.29, 1.82) is 0 Å². The van der Waals surface area contributed by atoms with E-state index in [9.17, 15) is 25.4 Å². The molecule has 1 aromatic heterocycles. The molecule has 1 heterocycles. The quantitative estimate of drug-likeness (QED) is 0.249. The van der Waals surface area contributed by atoms with Gasteiger partial charge in [-0.2, -0.15) is 0 Å². The maximum Gasteiger partial charge on any atom is 1.00 e. The summed E-state index contributed by atoms with van der Waals surface area (Å²) in [6.45, 7) is 0. The summed E-state index contributed by atoms with van der Waals surface area (Å²) in [5.74, 6) is 0. The first-order valence-corrected chi connectivity index (χ1v) is 3.83. The first kappa shape index (κ1) is 13.9. The van der Waals surface area contributed by atoms with Crippen LogP contribution in [0.2, 0.25) is 0 Å². The molecule has 0 aliphatic heterocycles. The van der Waals surface area contributed by atoms with E-state index in [1.807, 2.05) is 0 Å². The number of fused-ring (bicyclic) bond motifs is 1. The van der Waals surface area contributed by atoms with Gasteiger partial charge in [-0.05, 0) is 4.90 Å². The Balaban J connectivity index is 0.00000144. The molecular weight excluding hydrogens is 263 g/mol. The monoisotopic (exact) mass is 265 g/mol. The second kappa shape index (κ2) is 5.01. The minimum absolute atomic E-state index is 0. The number of nitro groups is 2. The maximum absolute atomic E-state index is 11.0. The van der Waals surface area contributed by atoms with Crippen molar-refractivity contribution < 1.29 is 70.8 Å². The Hall–Kier alpha value is -1.14. The van der Waals surface area contributed by atoms with Gasteiger partial charge in [0.15, 0.2) is 0 Å². The van der Waals surface area contributed by atoms with E-state index in [4.69, 9.17) is 0 Å². The molecule has 17 heavy (non-hydrogen) atoms. The molecule has 2 aromatic rings. The van der Waals surface area contributed by atoms with E-state index in [1.54, 1.807) is 0 Å². The van der Waals surface area contributed by atoms with Crippen molar-refractivity contribution in [1.82, 2.24) is 5.16 Å². The van der Waals surface area contributed by atoms with Crippen LogP contribution in [0.15, 0.2) is 16.8 Å². The number of hydrogen-bond donors (Lipinski definition) is 0. The third kappa shape index (κ3) is 2.42. The van der Waals surface area contributed by atoms with Crippen LogP contribution in [0.25, 0.3) is 11.0 Å². The van der Waals surface area contributed by atoms with Crippen LogP contribution in [0.5, 0.6) is 0 Å². The number of nitrogens with zero attached hydrogens (tertiary/aromatic N) is 4. The van der Waals surface area contributed by atoms with Crippen molar-refractivity contribution >= 4 is 22.4 Å². The second-order valence-electron chi connectivity index (χ2n) is 2.78. The molecule has 0 radical (unpaired) electrons. The zero-order valence-electron chi connectivity index (χ0n) is 8.39. The van der Waals surface area contributed by atoms with Gasteiger partial charge < -0.3 is 5.21 Å². The van der Waals surface area contributed by atoms with Gasteiger partial charge in [-0.25, -0.2) is 0 Å². The van der Waals surface area contributed by atoms with E-state index in [2.05, 4.69) is 9.79 Å². The number of nitro benzene ring substituents is 2. The van der Waals surface area contributed by atoms with Crippen LogP contribution in [-0.2, 0) is 0 Å². The minimum Gasteiger partial charge on any atom is -0.359 e. The van der Waals surface area contributed by atoms with Crippen LogP contribution in [0, 0.1) is 25.4 Å². The van der Waals surface area contributed by atoms with Crippen molar-refractivity contribution in [2.75, 3.05) is 0 Å². The molecule has 0 bridgehead atoms. The largest absolute Gasteiger partial charge is 1.00 e. The zero-order chi connectivity index (χ0) is 11.9. The third-order valence-electron chi connectivity index (χ3n) is 1.86. The Labute approximate surface area is 134 Å². The summed E-state index contributed by atoms with van der Waals surface area (Å²) in [7, 11) is 0. The maximum atomic E-state index is 11.0. The van der Waals surface area contributed by atoms with E-state index in [0.717, 1.165) is 6.07 Å². The molecule has 0 aliphatic rings. The number of aromatic nitrogens is 2. The van der Waals surface area contributed by atoms with E-state index >= 15 is 0 Å². The van der Waals surface area contributed by atoms with Gasteiger partial charge in [0.25, 0.3) is 5.69 Å². The van der Waals surface area contributed by atoms with Gasteiger partial charge in [0.2, 0.25) is 5.52 Å². The molecule has 0 amide bonds. The molecule has 1 aromatic carbocycles. The summed E-state index contributed by atoms with van der Waals surface area (Å²) in [6.07, 6.45) is 0.